The molecule has 0 bridgehead atoms. The molecule has 7 nitrogen and oxygen atoms in total. The largest absolute Gasteiger partial charge is 0.392 e. The van der Waals surface area contributed by atoms with Crippen molar-refractivity contribution in [2.24, 2.45) is 0 Å². The fraction of sp³-hybridized carbons (Fsp3) is 0.889. The molecule has 3 saturated heterocycles. The van der Waals surface area contributed by atoms with Gasteiger partial charge in [0, 0.05) is 64.7 Å². The van der Waals surface area contributed by atoms with E-state index in [1.54, 1.807) is 0 Å². The average molecular weight is 350 g/mol. The zero-order valence-corrected chi connectivity index (χ0v) is 15.1. The van der Waals surface area contributed by atoms with Crippen LogP contribution in [0.2, 0.25) is 0 Å². The lowest BCUT2D eigenvalue weighted by Gasteiger charge is -2.63. The summed E-state index contributed by atoms with van der Waals surface area (Å²) >= 11 is 0. The minimum atomic E-state index is -0.269. The van der Waals surface area contributed by atoms with E-state index in [4.69, 9.17) is 0 Å². The minimum Gasteiger partial charge on any atom is -0.392 e. The number of nitrogens with one attached hydrogen (secondary N) is 1. The third kappa shape index (κ3) is 3.17. The molecular formula is C18H30N4O3. The zero-order valence-electron chi connectivity index (χ0n) is 15.1. The number of hydrogen-bond acceptors (Lipinski definition) is 5. The van der Waals surface area contributed by atoms with Gasteiger partial charge in [-0.05, 0) is 19.3 Å². The first-order chi connectivity index (χ1) is 12.0. The van der Waals surface area contributed by atoms with Gasteiger partial charge in [0.25, 0.3) is 0 Å². The number of rotatable bonds is 4. The summed E-state index contributed by atoms with van der Waals surface area (Å²) in [5.41, 5.74) is 0.0274. The number of aliphatic hydroxyl groups is 1. The van der Waals surface area contributed by atoms with Gasteiger partial charge in [-0.3, -0.25) is 19.4 Å². The first-order valence-electron chi connectivity index (χ1n) is 9.68. The molecule has 0 aromatic rings. The molecule has 2 N–H and O–H groups in total. The Labute approximate surface area is 149 Å². The van der Waals surface area contributed by atoms with Crippen molar-refractivity contribution >= 4 is 11.8 Å². The van der Waals surface area contributed by atoms with Crippen LogP contribution >= 0.6 is 0 Å². The number of nitrogens with zero attached hydrogens (tertiary/aromatic N) is 3. The summed E-state index contributed by atoms with van der Waals surface area (Å²) in [7, 11) is 0. The van der Waals surface area contributed by atoms with Gasteiger partial charge in [-0.1, -0.05) is 6.42 Å². The van der Waals surface area contributed by atoms with E-state index < -0.39 is 0 Å². The van der Waals surface area contributed by atoms with Crippen LogP contribution in [-0.2, 0) is 9.59 Å². The summed E-state index contributed by atoms with van der Waals surface area (Å²) in [6, 6.07) is 1.01. The molecule has 4 aliphatic rings. The first kappa shape index (κ1) is 17.2. The Kier molecular flexibility index (Phi) is 4.50. The Balaban J connectivity index is 1.41. The van der Waals surface area contributed by atoms with E-state index in [2.05, 4.69) is 15.1 Å². The number of likely N-dealkylation sites (tertiary alicyclic amines) is 1. The molecule has 3 aliphatic heterocycles. The maximum absolute atomic E-state index is 12.6. The van der Waals surface area contributed by atoms with Crippen LogP contribution in [0.1, 0.15) is 39.0 Å². The number of fused-ring (bicyclic) bond motifs is 2. The average Bonchev–Trinajstić information content (AvgIpc) is 2.83. The molecule has 2 amide bonds. The Hall–Kier alpha value is -1.18. The van der Waals surface area contributed by atoms with E-state index in [9.17, 15) is 14.7 Å². The molecule has 7 heteroatoms. The van der Waals surface area contributed by atoms with Crippen molar-refractivity contribution in [3.8, 4) is 0 Å². The molecule has 0 radical (unpaired) electrons. The number of carbonyl (C=O) groups excluding carboxylic acids is 2. The normalized spacial score (nSPS) is 32.2. The van der Waals surface area contributed by atoms with Crippen molar-refractivity contribution in [1.29, 1.82) is 0 Å². The quantitative estimate of drug-likeness (QED) is 0.708. The summed E-state index contributed by atoms with van der Waals surface area (Å²) in [6.45, 7) is 6.15. The standard InChI is InChI=1S/C18H30N4O3/c1-13(23)19-6-5-17(25)20-8-15-7-16(24)9-22(15)18(10-20)11-21(12-18)14-3-2-4-14/h14-16,24H,2-12H2,1H3,(H,19,23)/t15-,16+/m0/s1. The fourth-order valence-electron chi connectivity index (χ4n) is 5.11. The van der Waals surface area contributed by atoms with E-state index in [1.807, 2.05) is 4.90 Å². The van der Waals surface area contributed by atoms with Gasteiger partial charge in [0.1, 0.15) is 0 Å². The van der Waals surface area contributed by atoms with Crippen molar-refractivity contribution in [2.45, 2.75) is 62.8 Å². The highest BCUT2D eigenvalue weighted by Gasteiger charge is 2.57. The van der Waals surface area contributed by atoms with Crippen LogP contribution < -0.4 is 5.32 Å². The Bertz CT molecular complexity index is 544. The van der Waals surface area contributed by atoms with E-state index in [0.29, 0.717) is 19.5 Å². The topological polar surface area (TPSA) is 76.1 Å². The van der Waals surface area contributed by atoms with Crippen molar-refractivity contribution in [3.63, 3.8) is 0 Å². The van der Waals surface area contributed by atoms with Gasteiger partial charge in [0.2, 0.25) is 11.8 Å². The third-order valence-corrected chi connectivity index (χ3v) is 6.57. The Morgan fingerprint density at radius 1 is 1.16 bits per heavy atom. The summed E-state index contributed by atoms with van der Waals surface area (Å²) in [4.78, 5) is 30.7. The molecule has 140 valence electrons. The lowest BCUT2D eigenvalue weighted by atomic mass is 9.79. The second-order valence-electron chi connectivity index (χ2n) is 8.42. The molecule has 2 atom stereocenters. The van der Waals surface area contributed by atoms with Gasteiger partial charge in [0.15, 0.2) is 0 Å². The van der Waals surface area contributed by atoms with Crippen molar-refractivity contribution in [1.82, 2.24) is 20.0 Å². The van der Waals surface area contributed by atoms with E-state index >= 15 is 0 Å². The smallest absolute Gasteiger partial charge is 0.224 e. The predicted molar refractivity (Wildman–Crippen MR) is 92.9 cm³/mol. The molecule has 1 spiro atoms. The molecule has 4 rings (SSSR count). The zero-order chi connectivity index (χ0) is 17.6. The molecular weight excluding hydrogens is 320 g/mol. The molecule has 1 aliphatic carbocycles. The van der Waals surface area contributed by atoms with E-state index in [0.717, 1.165) is 38.6 Å². The monoisotopic (exact) mass is 350 g/mol. The van der Waals surface area contributed by atoms with Gasteiger partial charge in [-0.25, -0.2) is 0 Å². The van der Waals surface area contributed by atoms with E-state index in [1.165, 1.54) is 26.2 Å². The van der Waals surface area contributed by atoms with Crippen LogP contribution in [0.25, 0.3) is 0 Å². The number of hydrogen-bond donors (Lipinski definition) is 2. The second kappa shape index (κ2) is 6.52. The van der Waals surface area contributed by atoms with Crippen LogP contribution in [0, 0.1) is 0 Å². The molecule has 0 aromatic heterocycles. The fourth-order valence-corrected chi connectivity index (χ4v) is 5.11. The van der Waals surface area contributed by atoms with Gasteiger partial charge in [-0.2, -0.15) is 0 Å². The maximum atomic E-state index is 12.6. The lowest BCUT2D eigenvalue weighted by molar-refractivity contribution is -0.156. The Morgan fingerprint density at radius 2 is 1.92 bits per heavy atom. The molecule has 0 unspecified atom stereocenters. The van der Waals surface area contributed by atoms with Crippen LogP contribution in [0.4, 0.5) is 0 Å². The highest BCUT2D eigenvalue weighted by molar-refractivity contribution is 5.78. The van der Waals surface area contributed by atoms with Crippen LogP contribution in [0.15, 0.2) is 0 Å². The van der Waals surface area contributed by atoms with Crippen LogP contribution in [0.3, 0.4) is 0 Å². The van der Waals surface area contributed by atoms with Gasteiger partial charge in [0.05, 0.1) is 11.6 Å². The maximum Gasteiger partial charge on any atom is 0.224 e. The number of carbonyl (C=O) groups is 2. The summed E-state index contributed by atoms with van der Waals surface area (Å²) in [5.74, 6) is 0.0272. The molecule has 1 saturated carbocycles. The molecule has 0 aromatic carbocycles. The third-order valence-electron chi connectivity index (χ3n) is 6.57. The number of aliphatic hydroxyl groups excluding tert-OH is 1. The van der Waals surface area contributed by atoms with Crippen molar-refractivity contribution in [3.05, 3.63) is 0 Å². The van der Waals surface area contributed by atoms with Crippen LogP contribution in [0.5, 0.6) is 0 Å². The van der Waals surface area contributed by atoms with Gasteiger partial charge >= 0.3 is 0 Å². The number of amides is 2. The first-order valence-corrected chi connectivity index (χ1v) is 9.68. The van der Waals surface area contributed by atoms with Crippen molar-refractivity contribution < 1.29 is 14.7 Å². The lowest BCUT2D eigenvalue weighted by Crippen LogP contribution is -2.79. The molecule has 4 fully saturated rings. The summed E-state index contributed by atoms with van der Waals surface area (Å²) in [6.07, 6.45) is 4.81. The predicted octanol–water partition coefficient (Wildman–Crippen LogP) is -0.603. The van der Waals surface area contributed by atoms with Crippen molar-refractivity contribution in [2.75, 3.05) is 39.3 Å². The Morgan fingerprint density at radius 3 is 2.56 bits per heavy atom. The SMILES string of the molecule is CC(=O)NCCC(=O)N1C[C@@H]2C[C@@H](O)CN2C2(C1)CN(C1CCC1)C2. The number of β-amino-alcohol motifs (C(OH)–C–C–N with tert-alkyl or cyclic N) is 1. The summed E-state index contributed by atoms with van der Waals surface area (Å²) < 4.78 is 0. The highest BCUT2D eigenvalue weighted by Crippen LogP contribution is 2.42. The number of piperazine rings is 1. The second-order valence-corrected chi connectivity index (χ2v) is 8.42. The van der Waals surface area contributed by atoms with Gasteiger partial charge < -0.3 is 15.3 Å². The van der Waals surface area contributed by atoms with Gasteiger partial charge in [-0.15, -0.1) is 0 Å². The summed E-state index contributed by atoms with van der Waals surface area (Å²) in [5, 5.41) is 12.9. The molecule has 25 heavy (non-hydrogen) atoms. The van der Waals surface area contributed by atoms with E-state index in [-0.39, 0.29) is 29.5 Å². The molecule has 3 heterocycles. The highest BCUT2D eigenvalue weighted by atomic mass is 16.3. The van der Waals surface area contributed by atoms with Crippen LogP contribution in [-0.4, -0.2) is 94.6 Å². The minimum absolute atomic E-state index is 0.0274.